The van der Waals surface area contributed by atoms with E-state index in [2.05, 4.69) is 17.3 Å². The number of hydrogen-bond acceptors (Lipinski definition) is 4. The second-order valence-electron chi connectivity index (χ2n) is 7.09. The SMILES string of the molecule is CNC1(CCN2CCN(C(=O)OC(C)(C)C)CC2)CC1. The number of amides is 1. The molecule has 1 N–H and O–H groups in total. The topological polar surface area (TPSA) is 44.8 Å². The van der Waals surface area contributed by atoms with E-state index < -0.39 is 5.60 Å². The summed E-state index contributed by atoms with van der Waals surface area (Å²) >= 11 is 0. The van der Waals surface area contributed by atoms with E-state index in [-0.39, 0.29) is 6.09 Å². The first kappa shape index (κ1) is 15.6. The normalized spacial score (nSPS) is 22.7. The number of carbonyl (C=O) groups excluding carboxylic acids is 1. The molecule has 116 valence electrons. The van der Waals surface area contributed by atoms with E-state index >= 15 is 0 Å². The third kappa shape index (κ3) is 4.35. The number of carbonyl (C=O) groups is 1. The fourth-order valence-corrected chi connectivity index (χ4v) is 2.63. The molecule has 20 heavy (non-hydrogen) atoms. The van der Waals surface area contributed by atoms with E-state index in [1.54, 1.807) is 0 Å². The Bertz CT molecular complexity index is 340. The van der Waals surface area contributed by atoms with E-state index in [1.165, 1.54) is 19.3 Å². The summed E-state index contributed by atoms with van der Waals surface area (Å²) in [5.41, 5.74) is 0.0155. The van der Waals surface area contributed by atoms with Gasteiger partial charge in [0.25, 0.3) is 0 Å². The zero-order valence-electron chi connectivity index (χ0n) is 13.4. The summed E-state index contributed by atoms with van der Waals surface area (Å²) in [7, 11) is 2.06. The highest BCUT2D eigenvalue weighted by Crippen LogP contribution is 2.38. The summed E-state index contributed by atoms with van der Waals surface area (Å²) in [4.78, 5) is 16.3. The van der Waals surface area contributed by atoms with E-state index in [1.807, 2.05) is 25.7 Å². The Labute approximate surface area is 122 Å². The molecule has 1 amide bonds. The summed E-state index contributed by atoms with van der Waals surface area (Å²) in [6.07, 6.45) is 3.66. The van der Waals surface area contributed by atoms with Crippen LogP contribution in [0.3, 0.4) is 0 Å². The average Bonchev–Trinajstić information content (AvgIpc) is 3.16. The monoisotopic (exact) mass is 283 g/mol. The van der Waals surface area contributed by atoms with Gasteiger partial charge in [0.15, 0.2) is 0 Å². The zero-order chi connectivity index (χ0) is 14.8. The molecule has 1 heterocycles. The van der Waals surface area contributed by atoms with Crippen molar-refractivity contribution >= 4 is 6.09 Å². The maximum Gasteiger partial charge on any atom is 0.410 e. The molecule has 1 saturated carbocycles. The molecule has 0 bridgehead atoms. The van der Waals surface area contributed by atoms with Crippen LogP contribution in [-0.4, -0.2) is 66.8 Å². The maximum atomic E-state index is 12.0. The highest BCUT2D eigenvalue weighted by molar-refractivity contribution is 5.68. The molecular formula is C15H29N3O2. The maximum absolute atomic E-state index is 12.0. The lowest BCUT2D eigenvalue weighted by atomic mass is 10.1. The minimum atomic E-state index is -0.403. The van der Waals surface area contributed by atoms with Gasteiger partial charge in [0, 0.05) is 38.3 Å². The summed E-state index contributed by atoms with van der Waals surface area (Å²) in [6.45, 7) is 10.3. The fraction of sp³-hybridized carbons (Fsp3) is 0.933. The molecule has 0 aromatic carbocycles. The van der Waals surface area contributed by atoms with Gasteiger partial charge in [-0.15, -0.1) is 0 Å². The van der Waals surface area contributed by atoms with Crippen LogP contribution < -0.4 is 5.32 Å². The van der Waals surface area contributed by atoms with E-state index in [4.69, 9.17) is 4.74 Å². The Morgan fingerprint density at radius 2 is 1.80 bits per heavy atom. The Kier molecular flexibility index (Phi) is 4.59. The number of hydrogen-bond donors (Lipinski definition) is 1. The first-order valence-corrected chi connectivity index (χ1v) is 7.73. The van der Waals surface area contributed by atoms with Gasteiger partial charge < -0.3 is 15.0 Å². The summed E-state index contributed by atoms with van der Waals surface area (Å²) < 4.78 is 5.41. The largest absolute Gasteiger partial charge is 0.444 e. The first-order valence-electron chi connectivity index (χ1n) is 7.73. The van der Waals surface area contributed by atoms with Gasteiger partial charge in [-0.1, -0.05) is 0 Å². The van der Waals surface area contributed by atoms with Crippen molar-refractivity contribution in [1.29, 1.82) is 0 Å². The quantitative estimate of drug-likeness (QED) is 0.852. The molecule has 1 aliphatic heterocycles. The second-order valence-corrected chi connectivity index (χ2v) is 7.09. The first-order chi connectivity index (χ1) is 9.34. The molecule has 1 saturated heterocycles. The van der Waals surface area contributed by atoms with Gasteiger partial charge in [0.05, 0.1) is 0 Å². The van der Waals surface area contributed by atoms with Crippen molar-refractivity contribution in [3.8, 4) is 0 Å². The molecule has 0 unspecified atom stereocenters. The van der Waals surface area contributed by atoms with Gasteiger partial charge in [0.2, 0.25) is 0 Å². The van der Waals surface area contributed by atoms with Gasteiger partial charge in [-0.3, -0.25) is 4.90 Å². The molecule has 1 aliphatic carbocycles. The number of ether oxygens (including phenoxy) is 1. The molecule has 2 rings (SSSR count). The Balaban J connectivity index is 1.68. The van der Waals surface area contributed by atoms with Crippen LogP contribution in [0, 0.1) is 0 Å². The molecule has 0 radical (unpaired) electrons. The highest BCUT2D eigenvalue weighted by atomic mass is 16.6. The number of piperazine rings is 1. The van der Waals surface area contributed by atoms with Crippen LogP contribution in [0.15, 0.2) is 0 Å². The smallest absolute Gasteiger partial charge is 0.410 e. The van der Waals surface area contributed by atoms with Gasteiger partial charge >= 0.3 is 6.09 Å². The van der Waals surface area contributed by atoms with Crippen molar-refractivity contribution in [2.45, 2.75) is 51.2 Å². The van der Waals surface area contributed by atoms with Gasteiger partial charge in [-0.2, -0.15) is 0 Å². The van der Waals surface area contributed by atoms with Crippen LogP contribution in [0.4, 0.5) is 4.79 Å². The van der Waals surface area contributed by atoms with Crippen LogP contribution in [0.1, 0.15) is 40.0 Å². The van der Waals surface area contributed by atoms with Crippen molar-refractivity contribution < 1.29 is 9.53 Å². The standard InChI is InChI=1S/C15H29N3O2/c1-14(2,3)20-13(19)18-11-9-17(10-12-18)8-7-15(16-4)5-6-15/h16H,5-12H2,1-4H3. The number of nitrogens with one attached hydrogen (secondary N) is 1. The van der Waals surface area contributed by atoms with Crippen molar-refractivity contribution in [3.63, 3.8) is 0 Å². The zero-order valence-corrected chi connectivity index (χ0v) is 13.4. The second kappa shape index (κ2) is 5.90. The molecule has 0 atom stereocenters. The molecule has 0 spiro atoms. The Morgan fingerprint density at radius 1 is 1.20 bits per heavy atom. The lowest BCUT2D eigenvalue weighted by molar-refractivity contribution is 0.0142. The third-order valence-electron chi connectivity index (χ3n) is 4.31. The van der Waals surface area contributed by atoms with Crippen molar-refractivity contribution in [1.82, 2.24) is 15.1 Å². The van der Waals surface area contributed by atoms with E-state index in [0.29, 0.717) is 5.54 Å². The molecule has 0 aromatic heterocycles. The Morgan fingerprint density at radius 3 is 2.25 bits per heavy atom. The number of rotatable bonds is 4. The lowest BCUT2D eigenvalue weighted by Gasteiger charge is -2.36. The van der Waals surface area contributed by atoms with Gasteiger partial charge in [0.1, 0.15) is 5.60 Å². The summed E-state index contributed by atoms with van der Waals surface area (Å²) in [5, 5.41) is 3.43. The van der Waals surface area contributed by atoms with E-state index in [0.717, 1.165) is 32.7 Å². The molecule has 5 nitrogen and oxygen atoms in total. The highest BCUT2D eigenvalue weighted by Gasteiger charge is 2.40. The predicted molar refractivity (Wildman–Crippen MR) is 79.9 cm³/mol. The lowest BCUT2D eigenvalue weighted by Crippen LogP contribution is -2.50. The molecule has 5 heteroatoms. The minimum absolute atomic E-state index is 0.175. The Hall–Kier alpha value is -0.810. The van der Waals surface area contributed by atoms with Crippen molar-refractivity contribution in [3.05, 3.63) is 0 Å². The van der Waals surface area contributed by atoms with Crippen LogP contribution in [-0.2, 0) is 4.74 Å². The molecular weight excluding hydrogens is 254 g/mol. The predicted octanol–water partition coefficient (Wildman–Crippen LogP) is 1.68. The summed E-state index contributed by atoms with van der Waals surface area (Å²) in [6, 6.07) is 0. The third-order valence-corrected chi connectivity index (χ3v) is 4.31. The summed E-state index contributed by atoms with van der Waals surface area (Å²) in [5.74, 6) is 0. The van der Waals surface area contributed by atoms with Crippen LogP contribution >= 0.6 is 0 Å². The van der Waals surface area contributed by atoms with Crippen LogP contribution in [0.2, 0.25) is 0 Å². The minimum Gasteiger partial charge on any atom is -0.444 e. The van der Waals surface area contributed by atoms with Crippen LogP contribution in [0.5, 0.6) is 0 Å². The van der Waals surface area contributed by atoms with Crippen molar-refractivity contribution in [2.24, 2.45) is 0 Å². The number of nitrogens with zero attached hydrogens (tertiary/aromatic N) is 2. The molecule has 0 aromatic rings. The van der Waals surface area contributed by atoms with E-state index in [9.17, 15) is 4.79 Å². The van der Waals surface area contributed by atoms with Gasteiger partial charge in [-0.25, -0.2) is 4.79 Å². The van der Waals surface area contributed by atoms with Gasteiger partial charge in [-0.05, 0) is 47.1 Å². The molecule has 2 aliphatic rings. The molecule has 2 fully saturated rings. The van der Waals surface area contributed by atoms with Crippen molar-refractivity contribution in [2.75, 3.05) is 39.8 Å². The average molecular weight is 283 g/mol. The fourth-order valence-electron chi connectivity index (χ4n) is 2.63. The van der Waals surface area contributed by atoms with Crippen LogP contribution in [0.25, 0.3) is 0 Å².